The predicted octanol–water partition coefficient (Wildman–Crippen LogP) is 5.29. The Hall–Kier alpha value is -4.05. The van der Waals surface area contributed by atoms with E-state index in [9.17, 15) is 19.7 Å². The molecular weight excluding hydrogens is 470 g/mol. The molecule has 3 rings (SSSR count). The summed E-state index contributed by atoms with van der Waals surface area (Å²) in [5.41, 5.74) is 1.90. The molecule has 2 amide bonds. The number of rotatable bonds is 9. The van der Waals surface area contributed by atoms with Crippen molar-refractivity contribution >= 4 is 40.6 Å². The molecule has 0 spiro atoms. The van der Waals surface area contributed by atoms with Crippen LogP contribution in [0.2, 0.25) is 0 Å². The summed E-state index contributed by atoms with van der Waals surface area (Å²) in [6.45, 7) is 3.45. The molecule has 2 N–H and O–H groups in total. The maximum Gasteiger partial charge on any atom is 0.269 e. The van der Waals surface area contributed by atoms with E-state index in [2.05, 4.69) is 10.6 Å². The van der Waals surface area contributed by atoms with Crippen LogP contribution in [-0.4, -0.2) is 36.2 Å². The minimum absolute atomic E-state index is 0.0347. The maximum absolute atomic E-state index is 12.9. The van der Waals surface area contributed by atoms with Crippen LogP contribution >= 0.6 is 11.8 Å². The van der Waals surface area contributed by atoms with Gasteiger partial charge in [-0.25, -0.2) is 0 Å². The summed E-state index contributed by atoms with van der Waals surface area (Å²) in [7, 11) is 2.96. The number of benzene rings is 3. The van der Waals surface area contributed by atoms with Crippen LogP contribution in [0.25, 0.3) is 0 Å². The van der Waals surface area contributed by atoms with Gasteiger partial charge < -0.3 is 20.1 Å². The molecule has 3 aromatic rings. The van der Waals surface area contributed by atoms with Crippen molar-refractivity contribution in [2.24, 2.45) is 0 Å². The van der Waals surface area contributed by atoms with E-state index in [1.807, 2.05) is 6.07 Å². The van der Waals surface area contributed by atoms with Gasteiger partial charge in [-0.3, -0.25) is 19.7 Å². The van der Waals surface area contributed by atoms with Crippen LogP contribution in [0.5, 0.6) is 11.5 Å². The molecule has 3 aromatic carbocycles. The highest BCUT2D eigenvalue weighted by Gasteiger charge is 2.20. The van der Waals surface area contributed by atoms with Crippen LogP contribution in [-0.2, 0) is 4.79 Å². The maximum atomic E-state index is 12.9. The summed E-state index contributed by atoms with van der Waals surface area (Å²) in [6, 6.07) is 16.5. The molecule has 0 aliphatic rings. The third-order valence-corrected chi connectivity index (χ3v) is 6.20. The largest absolute Gasteiger partial charge is 0.496 e. The van der Waals surface area contributed by atoms with Gasteiger partial charge in [0.05, 0.1) is 24.4 Å². The molecule has 9 nitrogen and oxygen atoms in total. The Balaban J connectivity index is 1.69. The molecule has 0 saturated carbocycles. The van der Waals surface area contributed by atoms with E-state index in [0.717, 1.165) is 4.90 Å². The number of nitro benzene ring substituents is 1. The Morgan fingerprint density at radius 2 is 1.63 bits per heavy atom. The number of ether oxygens (including phenoxy) is 2. The van der Waals surface area contributed by atoms with Crippen molar-refractivity contribution in [1.29, 1.82) is 0 Å². The van der Waals surface area contributed by atoms with Gasteiger partial charge in [0.2, 0.25) is 5.91 Å². The lowest BCUT2D eigenvalue weighted by atomic mass is 10.1. The average molecular weight is 496 g/mol. The Kier molecular flexibility index (Phi) is 8.32. The highest BCUT2D eigenvalue weighted by molar-refractivity contribution is 8.00. The number of nitrogens with one attached hydrogen (secondary N) is 2. The lowest BCUT2D eigenvalue weighted by Gasteiger charge is -2.15. The highest BCUT2D eigenvalue weighted by atomic mass is 32.2. The number of aryl methyl sites for hydroxylation is 1. The molecule has 0 aliphatic heterocycles. The third-order valence-electron chi connectivity index (χ3n) is 5.11. The molecule has 35 heavy (non-hydrogen) atoms. The number of nitro groups is 1. The summed E-state index contributed by atoms with van der Waals surface area (Å²) in [4.78, 5) is 36.9. The van der Waals surface area contributed by atoms with E-state index < -0.39 is 10.2 Å². The molecule has 10 heteroatoms. The monoisotopic (exact) mass is 495 g/mol. The number of hydrogen-bond donors (Lipinski definition) is 2. The molecule has 0 bridgehead atoms. The molecule has 0 aliphatic carbocycles. The molecule has 0 heterocycles. The van der Waals surface area contributed by atoms with Crippen molar-refractivity contribution in [3.63, 3.8) is 0 Å². The van der Waals surface area contributed by atoms with Crippen LogP contribution in [0.3, 0.4) is 0 Å². The number of thioether (sulfide) groups is 1. The summed E-state index contributed by atoms with van der Waals surface area (Å²) < 4.78 is 10.6. The van der Waals surface area contributed by atoms with Crippen molar-refractivity contribution in [2.45, 2.75) is 24.0 Å². The summed E-state index contributed by atoms with van der Waals surface area (Å²) in [6.07, 6.45) is 0. The molecule has 0 fully saturated rings. The van der Waals surface area contributed by atoms with Crippen LogP contribution in [0, 0.1) is 17.0 Å². The highest BCUT2D eigenvalue weighted by Crippen LogP contribution is 2.31. The van der Waals surface area contributed by atoms with E-state index in [4.69, 9.17) is 9.47 Å². The molecule has 1 unspecified atom stereocenters. The lowest BCUT2D eigenvalue weighted by molar-refractivity contribution is -0.384. The van der Waals surface area contributed by atoms with Crippen molar-refractivity contribution < 1.29 is 24.0 Å². The van der Waals surface area contributed by atoms with E-state index in [0.29, 0.717) is 28.4 Å². The third kappa shape index (κ3) is 6.30. The van der Waals surface area contributed by atoms with Gasteiger partial charge in [-0.15, -0.1) is 11.8 Å². The number of anilines is 2. The second-order valence-electron chi connectivity index (χ2n) is 7.53. The first-order chi connectivity index (χ1) is 16.7. The molecule has 0 radical (unpaired) electrons. The number of non-ortho nitro benzene ring substituents is 1. The van der Waals surface area contributed by atoms with E-state index in [1.54, 1.807) is 50.2 Å². The van der Waals surface area contributed by atoms with Gasteiger partial charge in [0.1, 0.15) is 17.1 Å². The lowest BCUT2D eigenvalue weighted by Crippen LogP contribution is -2.22. The number of hydrogen-bond acceptors (Lipinski definition) is 7. The summed E-state index contributed by atoms with van der Waals surface area (Å²) in [5.74, 6) is 0.138. The minimum Gasteiger partial charge on any atom is -0.496 e. The van der Waals surface area contributed by atoms with Crippen LogP contribution in [0.4, 0.5) is 17.1 Å². The first kappa shape index (κ1) is 25.6. The van der Waals surface area contributed by atoms with Gasteiger partial charge in [0.25, 0.3) is 11.6 Å². The first-order valence-electron chi connectivity index (χ1n) is 10.6. The molecule has 182 valence electrons. The Labute approximate surface area is 207 Å². The molecule has 0 saturated heterocycles. The number of carbonyl (C=O) groups is 2. The quantitative estimate of drug-likeness (QED) is 0.235. The van der Waals surface area contributed by atoms with E-state index in [1.165, 1.54) is 44.2 Å². The first-order valence-corrected chi connectivity index (χ1v) is 11.5. The van der Waals surface area contributed by atoms with Crippen molar-refractivity contribution in [1.82, 2.24) is 0 Å². The second kappa shape index (κ2) is 11.4. The Bertz CT molecular complexity index is 1240. The van der Waals surface area contributed by atoms with Crippen LogP contribution < -0.4 is 20.1 Å². The fourth-order valence-corrected chi connectivity index (χ4v) is 4.24. The SMILES string of the molecule is COc1cccc(OC)c1C(=O)Nc1cccc(SC(C)C(=O)Nc2ccc([N+](=O)[O-])cc2C)c1. The fraction of sp³-hybridized carbons (Fsp3) is 0.200. The number of amides is 2. The zero-order chi connectivity index (χ0) is 25.5. The second-order valence-corrected chi connectivity index (χ2v) is 8.94. The normalized spacial score (nSPS) is 11.3. The van der Waals surface area contributed by atoms with Crippen LogP contribution in [0.1, 0.15) is 22.8 Å². The number of nitrogens with zero attached hydrogens (tertiary/aromatic N) is 1. The van der Waals surface area contributed by atoms with Crippen LogP contribution in [0.15, 0.2) is 65.6 Å². The fourth-order valence-electron chi connectivity index (χ4n) is 3.31. The van der Waals surface area contributed by atoms with Gasteiger partial charge in [0, 0.05) is 28.4 Å². The van der Waals surface area contributed by atoms with Gasteiger partial charge in [-0.1, -0.05) is 12.1 Å². The number of carbonyl (C=O) groups excluding carboxylic acids is 2. The van der Waals surface area contributed by atoms with Gasteiger partial charge in [-0.2, -0.15) is 0 Å². The van der Waals surface area contributed by atoms with Crippen molar-refractivity contribution in [3.8, 4) is 11.5 Å². The molecular formula is C25H25N3O6S. The van der Waals surface area contributed by atoms with Gasteiger partial charge in [0.15, 0.2) is 0 Å². The smallest absolute Gasteiger partial charge is 0.269 e. The average Bonchev–Trinajstić information content (AvgIpc) is 2.84. The Morgan fingerprint density at radius 1 is 0.971 bits per heavy atom. The van der Waals surface area contributed by atoms with Crippen molar-refractivity contribution in [2.75, 3.05) is 24.9 Å². The zero-order valence-corrected chi connectivity index (χ0v) is 20.5. The van der Waals surface area contributed by atoms with Gasteiger partial charge >= 0.3 is 0 Å². The van der Waals surface area contributed by atoms with E-state index >= 15 is 0 Å². The molecule has 1 atom stereocenters. The molecule has 0 aromatic heterocycles. The predicted molar refractivity (Wildman–Crippen MR) is 136 cm³/mol. The topological polar surface area (TPSA) is 120 Å². The van der Waals surface area contributed by atoms with Crippen molar-refractivity contribution in [3.05, 3.63) is 81.9 Å². The standard InChI is InChI=1S/C25H25N3O6S/c1-15-13-18(28(31)32)11-12-20(15)27-24(29)16(2)35-19-8-5-7-17(14-19)26-25(30)23-21(33-3)9-6-10-22(23)34-4/h5-14,16H,1-4H3,(H,26,30)(H,27,29). The zero-order valence-electron chi connectivity index (χ0n) is 19.7. The minimum atomic E-state index is -0.479. The van der Waals surface area contributed by atoms with E-state index in [-0.39, 0.29) is 23.1 Å². The van der Waals surface area contributed by atoms with Gasteiger partial charge in [-0.05, 0) is 55.8 Å². The summed E-state index contributed by atoms with van der Waals surface area (Å²) >= 11 is 1.32. The Morgan fingerprint density at radius 3 is 2.23 bits per heavy atom. The summed E-state index contributed by atoms with van der Waals surface area (Å²) in [5, 5.41) is 16.1. The number of methoxy groups -OCH3 is 2.